The van der Waals surface area contributed by atoms with E-state index in [4.69, 9.17) is 5.26 Å². The number of amides is 1. The van der Waals surface area contributed by atoms with E-state index in [0.29, 0.717) is 0 Å². The molecule has 0 bridgehead atoms. The third-order valence-corrected chi connectivity index (χ3v) is 2.88. The maximum Gasteiger partial charge on any atom is 0.267 e. The number of nitrogens with zero attached hydrogens (tertiary/aromatic N) is 1. The molecule has 1 aromatic rings. The summed E-state index contributed by atoms with van der Waals surface area (Å²) in [5.74, 6) is -0.396. The maximum atomic E-state index is 12.0. The number of aryl methyl sites for hydroxylation is 1. The second-order valence-electron chi connectivity index (χ2n) is 4.41. The number of benzene rings is 1. The highest BCUT2D eigenvalue weighted by atomic mass is 16.1. The topological polar surface area (TPSA) is 64.9 Å². The van der Waals surface area contributed by atoms with Crippen molar-refractivity contribution >= 4 is 11.6 Å². The molecular weight excluding hydrogens is 238 g/mol. The standard InChI is InChI=1S/C15H19N3O/c1-4-12(3)17-10-13(9-16)15(19)18-14-8-6-5-7-11(14)2/h5-8,10,12,17H,4H2,1-3H3,(H,18,19)/b13-10-. The summed E-state index contributed by atoms with van der Waals surface area (Å²) >= 11 is 0. The Labute approximate surface area is 114 Å². The lowest BCUT2D eigenvalue weighted by Crippen LogP contribution is -2.22. The quantitative estimate of drug-likeness (QED) is 0.629. The maximum absolute atomic E-state index is 12.0. The van der Waals surface area contributed by atoms with E-state index in [2.05, 4.69) is 10.6 Å². The van der Waals surface area contributed by atoms with Gasteiger partial charge >= 0.3 is 0 Å². The fourth-order valence-corrected chi connectivity index (χ4v) is 1.39. The molecule has 0 aliphatic carbocycles. The molecule has 0 fully saturated rings. The first-order valence-corrected chi connectivity index (χ1v) is 6.31. The Morgan fingerprint density at radius 3 is 2.74 bits per heavy atom. The normalized spacial score (nSPS) is 12.4. The van der Waals surface area contributed by atoms with E-state index in [-0.39, 0.29) is 11.6 Å². The fourth-order valence-electron chi connectivity index (χ4n) is 1.39. The van der Waals surface area contributed by atoms with Gasteiger partial charge in [-0.1, -0.05) is 25.1 Å². The minimum Gasteiger partial charge on any atom is -0.387 e. The third kappa shape index (κ3) is 4.47. The number of hydrogen-bond donors (Lipinski definition) is 2. The van der Waals surface area contributed by atoms with E-state index >= 15 is 0 Å². The first kappa shape index (κ1) is 14.8. The highest BCUT2D eigenvalue weighted by Crippen LogP contribution is 2.13. The Hall–Kier alpha value is -2.28. The van der Waals surface area contributed by atoms with Gasteiger partial charge in [0.1, 0.15) is 11.6 Å². The van der Waals surface area contributed by atoms with Gasteiger partial charge in [0.25, 0.3) is 5.91 Å². The Balaban J connectivity index is 2.76. The van der Waals surface area contributed by atoms with Gasteiger partial charge < -0.3 is 10.6 Å². The third-order valence-electron chi connectivity index (χ3n) is 2.88. The molecule has 1 amide bonds. The number of rotatable bonds is 5. The van der Waals surface area contributed by atoms with E-state index in [0.717, 1.165) is 17.7 Å². The monoisotopic (exact) mass is 257 g/mol. The molecule has 0 aliphatic heterocycles. The molecular formula is C15H19N3O. The van der Waals surface area contributed by atoms with Gasteiger partial charge in [0, 0.05) is 17.9 Å². The molecule has 1 aromatic carbocycles. The molecule has 0 aromatic heterocycles. The van der Waals surface area contributed by atoms with Gasteiger partial charge in [-0.3, -0.25) is 4.79 Å². The molecule has 2 N–H and O–H groups in total. The van der Waals surface area contributed by atoms with Crippen LogP contribution in [-0.4, -0.2) is 11.9 Å². The van der Waals surface area contributed by atoms with E-state index < -0.39 is 5.91 Å². The summed E-state index contributed by atoms with van der Waals surface area (Å²) < 4.78 is 0. The van der Waals surface area contributed by atoms with Crippen LogP contribution in [-0.2, 0) is 4.79 Å². The van der Waals surface area contributed by atoms with Crippen molar-refractivity contribution in [2.75, 3.05) is 5.32 Å². The van der Waals surface area contributed by atoms with Crippen molar-refractivity contribution in [2.24, 2.45) is 0 Å². The van der Waals surface area contributed by atoms with Crippen molar-refractivity contribution in [1.29, 1.82) is 5.26 Å². The molecule has 4 nitrogen and oxygen atoms in total. The number of carbonyl (C=O) groups excluding carboxylic acids is 1. The van der Waals surface area contributed by atoms with Crippen LogP contribution in [0.1, 0.15) is 25.8 Å². The average Bonchev–Trinajstić information content (AvgIpc) is 2.41. The first-order chi connectivity index (χ1) is 9.08. The number of carbonyl (C=O) groups is 1. The molecule has 0 spiro atoms. The van der Waals surface area contributed by atoms with Crippen LogP contribution in [0.2, 0.25) is 0 Å². The Morgan fingerprint density at radius 2 is 2.16 bits per heavy atom. The number of hydrogen-bond acceptors (Lipinski definition) is 3. The van der Waals surface area contributed by atoms with Crippen molar-refractivity contribution < 1.29 is 4.79 Å². The Morgan fingerprint density at radius 1 is 1.47 bits per heavy atom. The first-order valence-electron chi connectivity index (χ1n) is 6.31. The second kappa shape index (κ2) is 7.22. The minimum atomic E-state index is -0.396. The van der Waals surface area contributed by atoms with Crippen molar-refractivity contribution in [2.45, 2.75) is 33.2 Å². The van der Waals surface area contributed by atoms with Crippen molar-refractivity contribution in [3.63, 3.8) is 0 Å². The van der Waals surface area contributed by atoms with Gasteiger partial charge in [-0.05, 0) is 31.9 Å². The van der Waals surface area contributed by atoms with E-state index in [1.54, 1.807) is 0 Å². The summed E-state index contributed by atoms with van der Waals surface area (Å²) in [4.78, 5) is 12.0. The van der Waals surface area contributed by atoms with Gasteiger partial charge in [0.05, 0.1) is 0 Å². The molecule has 100 valence electrons. The molecule has 1 rings (SSSR count). The van der Waals surface area contributed by atoms with Crippen molar-refractivity contribution in [1.82, 2.24) is 5.32 Å². The molecule has 4 heteroatoms. The average molecular weight is 257 g/mol. The predicted octanol–water partition coefficient (Wildman–Crippen LogP) is 2.73. The molecule has 1 unspecified atom stereocenters. The zero-order valence-corrected chi connectivity index (χ0v) is 11.5. The van der Waals surface area contributed by atoms with Crippen LogP contribution in [0.3, 0.4) is 0 Å². The fraction of sp³-hybridized carbons (Fsp3) is 0.333. The minimum absolute atomic E-state index is 0.0727. The summed E-state index contributed by atoms with van der Waals surface area (Å²) in [6, 6.07) is 9.60. The lowest BCUT2D eigenvalue weighted by atomic mass is 10.2. The summed E-state index contributed by atoms with van der Waals surface area (Å²) in [5.41, 5.74) is 1.75. The zero-order chi connectivity index (χ0) is 14.3. The summed E-state index contributed by atoms with van der Waals surface area (Å²) in [6.45, 7) is 5.93. The lowest BCUT2D eigenvalue weighted by Gasteiger charge is -2.10. The van der Waals surface area contributed by atoms with E-state index in [1.807, 2.05) is 51.1 Å². The largest absolute Gasteiger partial charge is 0.387 e. The number of para-hydroxylation sites is 1. The van der Waals surface area contributed by atoms with Crippen LogP contribution in [0.5, 0.6) is 0 Å². The predicted molar refractivity (Wildman–Crippen MR) is 76.4 cm³/mol. The lowest BCUT2D eigenvalue weighted by molar-refractivity contribution is -0.112. The van der Waals surface area contributed by atoms with Crippen LogP contribution < -0.4 is 10.6 Å². The second-order valence-corrected chi connectivity index (χ2v) is 4.41. The number of anilines is 1. The highest BCUT2D eigenvalue weighted by molar-refractivity contribution is 6.06. The molecule has 0 saturated heterocycles. The van der Waals surface area contributed by atoms with Crippen LogP contribution in [0.15, 0.2) is 36.0 Å². The molecule has 1 atom stereocenters. The molecule has 19 heavy (non-hydrogen) atoms. The van der Waals surface area contributed by atoms with Crippen LogP contribution in [0.4, 0.5) is 5.69 Å². The molecule has 0 radical (unpaired) electrons. The summed E-state index contributed by atoms with van der Waals surface area (Å²) in [5, 5.41) is 14.8. The van der Waals surface area contributed by atoms with Crippen molar-refractivity contribution in [3.05, 3.63) is 41.6 Å². The molecule has 0 saturated carbocycles. The van der Waals surface area contributed by atoms with Crippen LogP contribution >= 0.6 is 0 Å². The summed E-state index contributed by atoms with van der Waals surface area (Å²) in [7, 11) is 0. The van der Waals surface area contributed by atoms with Gasteiger partial charge in [-0.25, -0.2) is 0 Å². The SMILES string of the molecule is CCC(C)N/C=C(/C#N)C(=O)Nc1ccccc1C. The van der Waals surface area contributed by atoms with Gasteiger partial charge in [0.15, 0.2) is 0 Å². The van der Waals surface area contributed by atoms with Crippen LogP contribution in [0, 0.1) is 18.3 Å². The summed E-state index contributed by atoms with van der Waals surface area (Å²) in [6.07, 6.45) is 2.40. The van der Waals surface area contributed by atoms with Gasteiger partial charge in [-0.2, -0.15) is 5.26 Å². The highest BCUT2D eigenvalue weighted by Gasteiger charge is 2.10. The number of nitrogens with one attached hydrogen (secondary N) is 2. The van der Waals surface area contributed by atoms with Crippen LogP contribution in [0.25, 0.3) is 0 Å². The van der Waals surface area contributed by atoms with Gasteiger partial charge in [0.2, 0.25) is 0 Å². The zero-order valence-electron chi connectivity index (χ0n) is 11.5. The van der Waals surface area contributed by atoms with E-state index in [1.165, 1.54) is 6.20 Å². The molecule has 0 heterocycles. The van der Waals surface area contributed by atoms with Crippen molar-refractivity contribution in [3.8, 4) is 6.07 Å². The number of nitriles is 1. The van der Waals surface area contributed by atoms with Gasteiger partial charge in [-0.15, -0.1) is 0 Å². The smallest absolute Gasteiger partial charge is 0.267 e. The van der Waals surface area contributed by atoms with E-state index in [9.17, 15) is 4.79 Å². The molecule has 0 aliphatic rings. The Bertz CT molecular complexity index is 514. The Kier molecular flexibility index (Phi) is 5.62.